The second kappa shape index (κ2) is 7.10. The van der Waals surface area contributed by atoms with Gasteiger partial charge in [0.2, 0.25) is 0 Å². The van der Waals surface area contributed by atoms with Gasteiger partial charge >= 0.3 is 0 Å². The summed E-state index contributed by atoms with van der Waals surface area (Å²) < 4.78 is -0.756. The molecule has 0 fully saturated rings. The summed E-state index contributed by atoms with van der Waals surface area (Å²) in [5.41, 5.74) is 7.07. The van der Waals surface area contributed by atoms with E-state index in [1.165, 1.54) is 0 Å². The molecule has 1 N–H and O–H groups in total. The van der Waals surface area contributed by atoms with E-state index in [0.717, 1.165) is 54.9 Å². The van der Waals surface area contributed by atoms with E-state index in [4.69, 9.17) is 9.98 Å². The average Bonchev–Trinajstić information content (AvgIpc) is 3.49. The first-order valence-electron chi connectivity index (χ1n) is 11.8. The van der Waals surface area contributed by atoms with Crippen LogP contribution in [0.5, 0.6) is 0 Å². The van der Waals surface area contributed by atoms with Crippen LogP contribution in [0.25, 0.3) is 5.57 Å². The summed E-state index contributed by atoms with van der Waals surface area (Å²) in [6.45, 7) is 6.50. The van der Waals surface area contributed by atoms with Crippen molar-refractivity contribution in [3.63, 3.8) is 0 Å². The highest BCUT2D eigenvalue weighted by molar-refractivity contribution is 8.20. The summed E-state index contributed by atoms with van der Waals surface area (Å²) in [4.78, 5) is 10.6. The Balaban J connectivity index is 1.54. The fourth-order valence-corrected chi connectivity index (χ4v) is 8.70. The highest BCUT2D eigenvalue weighted by atomic mass is 32.2. The van der Waals surface area contributed by atoms with Crippen molar-refractivity contribution in [2.45, 2.75) is 35.9 Å². The van der Waals surface area contributed by atoms with Crippen LogP contribution in [-0.2, 0) is 5.60 Å². The van der Waals surface area contributed by atoms with Gasteiger partial charge < -0.3 is 5.11 Å². The second-order valence-electron chi connectivity index (χ2n) is 9.90. The van der Waals surface area contributed by atoms with Crippen LogP contribution in [0.3, 0.4) is 0 Å². The lowest BCUT2D eigenvalue weighted by Gasteiger charge is -2.45. The molecule has 3 aromatic carbocycles. The Labute approximate surface area is 213 Å². The smallest absolute Gasteiger partial charge is 0.115 e. The first-order chi connectivity index (χ1) is 16.8. The molecular weight excluding hydrogens is 468 g/mol. The molecule has 2 heterocycles. The van der Waals surface area contributed by atoms with E-state index in [0.29, 0.717) is 0 Å². The molecule has 7 rings (SSSR count). The molecule has 2 aliphatic heterocycles. The third-order valence-electron chi connectivity index (χ3n) is 7.82. The van der Waals surface area contributed by atoms with Crippen molar-refractivity contribution < 1.29 is 5.11 Å². The number of aliphatic imine (C=N–C) groups is 2. The fraction of sp³-hybridized carbons (Fsp3) is 0.200. The van der Waals surface area contributed by atoms with E-state index in [-0.39, 0.29) is 4.75 Å². The lowest BCUT2D eigenvalue weighted by Crippen LogP contribution is -2.48. The summed E-state index contributed by atoms with van der Waals surface area (Å²) in [6, 6.07) is 29.0. The van der Waals surface area contributed by atoms with Crippen molar-refractivity contribution in [3.8, 4) is 0 Å². The van der Waals surface area contributed by atoms with Crippen LogP contribution in [0.15, 0.2) is 112 Å². The molecule has 0 saturated heterocycles. The maximum Gasteiger partial charge on any atom is 0.115 e. The van der Waals surface area contributed by atoms with Gasteiger partial charge in [0.25, 0.3) is 0 Å². The van der Waals surface area contributed by atoms with Crippen molar-refractivity contribution in [1.82, 2.24) is 0 Å². The molecule has 5 heteroatoms. The number of fused-ring (bicyclic) bond motifs is 6. The number of benzene rings is 3. The minimum absolute atomic E-state index is 0.357. The molecule has 0 aromatic heterocycles. The van der Waals surface area contributed by atoms with Crippen molar-refractivity contribution in [2.24, 2.45) is 9.98 Å². The maximum absolute atomic E-state index is 12.0. The topological polar surface area (TPSA) is 45.0 Å². The van der Waals surface area contributed by atoms with Gasteiger partial charge in [0.15, 0.2) is 0 Å². The van der Waals surface area contributed by atoms with E-state index < -0.39 is 10.3 Å². The molecule has 0 saturated carbocycles. The lowest BCUT2D eigenvalue weighted by molar-refractivity contribution is 0.105. The summed E-state index contributed by atoms with van der Waals surface area (Å²) in [5.74, 6) is 0. The molecular formula is C30H24N2OS2. The van der Waals surface area contributed by atoms with Gasteiger partial charge in [-0.15, -0.1) is 0 Å². The maximum atomic E-state index is 12.0. The summed E-state index contributed by atoms with van der Waals surface area (Å²) >= 11 is 3.63. The number of hydrogen-bond acceptors (Lipinski definition) is 5. The fourth-order valence-electron chi connectivity index (χ4n) is 5.82. The summed E-state index contributed by atoms with van der Waals surface area (Å²) in [7, 11) is 0. The van der Waals surface area contributed by atoms with Gasteiger partial charge in [0, 0.05) is 22.3 Å². The lowest BCUT2D eigenvalue weighted by atomic mass is 9.75. The third kappa shape index (κ3) is 2.69. The number of thioether (sulfide) groups is 2. The Kier molecular flexibility index (Phi) is 4.34. The minimum atomic E-state index is -1.14. The first kappa shape index (κ1) is 21.4. The molecule has 35 heavy (non-hydrogen) atoms. The zero-order chi connectivity index (χ0) is 24.0. The minimum Gasteiger partial charge on any atom is -0.381 e. The Morgan fingerprint density at radius 2 is 1.11 bits per heavy atom. The first-order valence-corrected chi connectivity index (χ1v) is 13.5. The number of rotatable bonds is 2. The Morgan fingerprint density at radius 3 is 1.71 bits per heavy atom. The number of hydrogen-bond donors (Lipinski definition) is 1. The predicted octanol–water partition coefficient (Wildman–Crippen LogP) is 6.79. The SMILES string of the molecule is C[C@]12SC(c3ccccc3)=NC1=C1C(=C3N=C(c4ccccc4)S[C@@]32C)[C@@](C)(O)c2ccccc21. The molecule has 3 nitrogen and oxygen atoms in total. The van der Waals surface area contributed by atoms with Gasteiger partial charge in [-0.3, -0.25) is 0 Å². The number of nitrogens with zero attached hydrogens (tertiary/aromatic N) is 2. The van der Waals surface area contributed by atoms with Gasteiger partial charge in [0.05, 0.1) is 20.9 Å². The van der Waals surface area contributed by atoms with Crippen LogP contribution in [0.2, 0.25) is 0 Å². The quantitative estimate of drug-likeness (QED) is 0.428. The second-order valence-corrected chi connectivity index (χ2v) is 12.7. The van der Waals surface area contributed by atoms with Crippen LogP contribution >= 0.6 is 23.5 Å². The van der Waals surface area contributed by atoms with Crippen LogP contribution in [-0.4, -0.2) is 24.7 Å². The monoisotopic (exact) mass is 492 g/mol. The van der Waals surface area contributed by atoms with Crippen LogP contribution < -0.4 is 0 Å². The molecule has 0 spiro atoms. The van der Waals surface area contributed by atoms with Gasteiger partial charge in [-0.2, -0.15) is 0 Å². The zero-order valence-electron chi connectivity index (χ0n) is 19.7. The molecule has 4 aliphatic rings. The highest BCUT2D eigenvalue weighted by Gasteiger charge is 2.64. The van der Waals surface area contributed by atoms with Gasteiger partial charge in [0.1, 0.15) is 15.7 Å². The Hall–Kier alpha value is -2.86. The van der Waals surface area contributed by atoms with E-state index in [2.05, 4.69) is 68.4 Å². The summed E-state index contributed by atoms with van der Waals surface area (Å²) in [6.07, 6.45) is 0. The van der Waals surface area contributed by atoms with Gasteiger partial charge in [-0.25, -0.2) is 9.98 Å². The molecule has 0 radical (unpaired) electrons. The van der Waals surface area contributed by atoms with Crippen molar-refractivity contribution in [3.05, 3.63) is 124 Å². The Morgan fingerprint density at radius 1 is 0.629 bits per heavy atom. The van der Waals surface area contributed by atoms with E-state index >= 15 is 0 Å². The van der Waals surface area contributed by atoms with Crippen molar-refractivity contribution >= 4 is 39.2 Å². The van der Waals surface area contributed by atoms with Crippen molar-refractivity contribution in [2.75, 3.05) is 0 Å². The highest BCUT2D eigenvalue weighted by Crippen LogP contribution is 2.69. The average molecular weight is 493 g/mol. The largest absolute Gasteiger partial charge is 0.381 e. The van der Waals surface area contributed by atoms with E-state index in [9.17, 15) is 5.11 Å². The standard InChI is InChI=1S/C30H24N2OS2/c1-28(33)21-17-11-10-16-20(21)22-23(28)25-30(3,35-27(32-25)19-14-8-5-9-15-19)29(2)24(22)31-26(34-29)18-12-6-4-7-13-18/h4-17,33H,1-3H3/t28-,29-,30-/m0/s1. The van der Waals surface area contributed by atoms with Crippen LogP contribution in [0, 0.1) is 0 Å². The molecule has 0 unspecified atom stereocenters. The Bertz CT molecular complexity index is 1530. The van der Waals surface area contributed by atoms with Gasteiger partial charge in [-0.1, -0.05) is 108 Å². The van der Waals surface area contributed by atoms with E-state index in [1.54, 1.807) is 11.8 Å². The zero-order valence-corrected chi connectivity index (χ0v) is 21.4. The third-order valence-corrected chi connectivity index (χ3v) is 11.0. The predicted molar refractivity (Wildman–Crippen MR) is 148 cm³/mol. The van der Waals surface area contributed by atoms with E-state index in [1.807, 2.05) is 49.0 Å². The molecule has 2 aliphatic carbocycles. The molecule has 0 bridgehead atoms. The number of aliphatic hydroxyl groups is 1. The molecule has 3 atom stereocenters. The molecule has 3 aromatic rings. The normalized spacial score (nSPS) is 30.5. The van der Waals surface area contributed by atoms with Crippen LogP contribution in [0.4, 0.5) is 0 Å². The molecule has 172 valence electrons. The molecule has 0 amide bonds. The van der Waals surface area contributed by atoms with Crippen molar-refractivity contribution in [1.29, 1.82) is 0 Å². The van der Waals surface area contributed by atoms with Gasteiger partial charge in [-0.05, 0) is 31.9 Å². The van der Waals surface area contributed by atoms with Crippen LogP contribution in [0.1, 0.15) is 43.0 Å². The summed E-state index contributed by atoms with van der Waals surface area (Å²) in [5, 5.41) is 14.0.